The molecule has 1 heterocycles. The van der Waals surface area contributed by atoms with Crippen LogP contribution in [0.4, 0.5) is 19.3 Å². The number of imide groups is 1. The Hall–Kier alpha value is -3.40. The van der Waals surface area contributed by atoms with Crippen LogP contribution in [-0.4, -0.2) is 31.7 Å². The van der Waals surface area contributed by atoms with E-state index in [4.69, 9.17) is 11.8 Å². The summed E-state index contributed by atoms with van der Waals surface area (Å²) in [5.41, 5.74) is 0.0758. The van der Waals surface area contributed by atoms with E-state index in [1.165, 1.54) is 12.1 Å². The Morgan fingerprint density at radius 3 is 2.27 bits per heavy atom. The number of tetrazole rings is 1. The molecule has 26 heavy (non-hydrogen) atoms. The fourth-order valence-corrected chi connectivity index (χ4v) is 2.16. The van der Waals surface area contributed by atoms with Crippen LogP contribution in [0.1, 0.15) is 10.4 Å². The van der Waals surface area contributed by atoms with Gasteiger partial charge in [0.15, 0.2) is 0 Å². The second kappa shape index (κ2) is 7.23. The summed E-state index contributed by atoms with van der Waals surface area (Å²) in [6.45, 7) is 0. The summed E-state index contributed by atoms with van der Waals surface area (Å²) in [6, 6.07) is 8.19. The van der Waals surface area contributed by atoms with E-state index in [1.54, 1.807) is 12.1 Å². The summed E-state index contributed by atoms with van der Waals surface area (Å²) in [6.07, 6.45) is 0. The van der Waals surface area contributed by atoms with Gasteiger partial charge in [0.2, 0.25) is 5.82 Å². The Morgan fingerprint density at radius 2 is 1.69 bits per heavy atom. The molecule has 0 atom stereocenters. The van der Waals surface area contributed by atoms with Crippen LogP contribution in [0.3, 0.4) is 0 Å². The highest BCUT2D eigenvalue weighted by Gasteiger charge is 2.19. The Morgan fingerprint density at radius 1 is 1.04 bits per heavy atom. The molecule has 0 unspecified atom stereocenters. The first-order valence-electron chi connectivity index (χ1n) is 7.07. The molecule has 0 spiro atoms. The number of hydrogen-bond acceptors (Lipinski definition) is 5. The van der Waals surface area contributed by atoms with Gasteiger partial charge >= 0.3 is 6.03 Å². The molecule has 132 valence electrons. The highest BCUT2D eigenvalue weighted by atomic mass is 35.5. The van der Waals surface area contributed by atoms with Gasteiger partial charge in [-0.15, -0.1) is 10.2 Å². The molecule has 3 rings (SSSR count). The molecule has 2 aromatic carbocycles. The van der Waals surface area contributed by atoms with Gasteiger partial charge in [-0.25, -0.2) is 13.6 Å². The highest BCUT2D eigenvalue weighted by Crippen LogP contribution is 2.17. The maximum atomic E-state index is 13.5. The van der Waals surface area contributed by atoms with E-state index in [1.807, 2.05) is 5.32 Å². The highest BCUT2D eigenvalue weighted by molar-refractivity contribution is 6.14. The Balaban J connectivity index is 1.65. The molecule has 0 aliphatic rings. The smallest absolute Gasteiger partial charge is 0.308 e. The number of amides is 3. The lowest BCUT2D eigenvalue weighted by molar-refractivity contribution is 0.0959. The van der Waals surface area contributed by atoms with Crippen molar-refractivity contribution >= 4 is 29.4 Å². The number of halogens is 3. The maximum absolute atomic E-state index is 13.5. The predicted molar refractivity (Wildman–Crippen MR) is 87.3 cm³/mol. The van der Waals surface area contributed by atoms with Crippen LogP contribution >= 0.6 is 11.8 Å². The zero-order valence-electron chi connectivity index (χ0n) is 12.8. The third kappa shape index (κ3) is 3.81. The molecule has 2 N–H and O–H groups in total. The quantitative estimate of drug-likeness (QED) is 0.729. The lowest BCUT2D eigenvalue weighted by Gasteiger charge is -2.08. The normalized spacial score (nSPS) is 10.4. The average Bonchev–Trinajstić information content (AvgIpc) is 3.01. The number of anilines is 1. The third-order valence-electron chi connectivity index (χ3n) is 3.21. The number of carbonyl (C=O) groups is 2. The SMILES string of the molecule is O=C(NC(=O)c1c(F)cccc1F)Nc1ccc(-c2nnn(Cl)n2)cc1. The number of hydrogen-bond donors (Lipinski definition) is 2. The lowest BCUT2D eigenvalue weighted by atomic mass is 10.2. The molecule has 0 aliphatic carbocycles. The molecule has 1 aromatic heterocycles. The van der Waals surface area contributed by atoms with Crippen LogP contribution in [-0.2, 0) is 0 Å². The van der Waals surface area contributed by atoms with E-state index in [9.17, 15) is 18.4 Å². The Bertz CT molecular complexity index is 956. The monoisotopic (exact) mass is 378 g/mol. The van der Waals surface area contributed by atoms with E-state index in [2.05, 4.69) is 20.7 Å². The summed E-state index contributed by atoms with van der Waals surface area (Å²) in [4.78, 5) is 23.7. The van der Waals surface area contributed by atoms with Crippen molar-refractivity contribution in [3.8, 4) is 11.4 Å². The van der Waals surface area contributed by atoms with E-state index >= 15 is 0 Å². The van der Waals surface area contributed by atoms with Crippen molar-refractivity contribution < 1.29 is 18.4 Å². The molecule has 3 aromatic rings. The fraction of sp³-hybridized carbons (Fsp3) is 0. The van der Waals surface area contributed by atoms with Gasteiger partial charge in [-0.1, -0.05) is 10.4 Å². The number of urea groups is 1. The minimum atomic E-state index is -1.20. The third-order valence-corrected chi connectivity index (χ3v) is 3.35. The van der Waals surface area contributed by atoms with Gasteiger partial charge in [0, 0.05) is 11.3 Å². The molecular weight excluding hydrogens is 370 g/mol. The second-order valence-corrected chi connectivity index (χ2v) is 5.24. The number of nitrogens with one attached hydrogen (secondary N) is 2. The van der Waals surface area contributed by atoms with Crippen LogP contribution in [0.5, 0.6) is 0 Å². The average molecular weight is 379 g/mol. The number of benzene rings is 2. The van der Waals surface area contributed by atoms with Gasteiger partial charge in [0.05, 0.1) is 11.8 Å². The summed E-state index contributed by atoms with van der Waals surface area (Å²) in [5.74, 6) is -3.06. The summed E-state index contributed by atoms with van der Waals surface area (Å²) < 4.78 is 27.8. The molecule has 0 saturated heterocycles. The molecule has 8 nitrogen and oxygen atoms in total. The largest absolute Gasteiger partial charge is 0.326 e. The first-order chi connectivity index (χ1) is 12.4. The van der Waals surface area contributed by atoms with Gasteiger partial charge in [0.25, 0.3) is 5.91 Å². The van der Waals surface area contributed by atoms with E-state index in [0.29, 0.717) is 11.3 Å². The van der Waals surface area contributed by atoms with Crippen molar-refractivity contribution in [2.24, 2.45) is 0 Å². The lowest BCUT2D eigenvalue weighted by Crippen LogP contribution is -2.35. The van der Waals surface area contributed by atoms with Crippen molar-refractivity contribution in [3.05, 3.63) is 59.7 Å². The Labute approximate surface area is 149 Å². The zero-order chi connectivity index (χ0) is 18.7. The van der Waals surface area contributed by atoms with Crippen molar-refractivity contribution in [2.45, 2.75) is 0 Å². The maximum Gasteiger partial charge on any atom is 0.326 e. The minimum Gasteiger partial charge on any atom is -0.308 e. The van der Waals surface area contributed by atoms with E-state index < -0.39 is 29.1 Å². The van der Waals surface area contributed by atoms with Crippen molar-refractivity contribution in [1.82, 2.24) is 25.0 Å². The van der Waals surface area contributed by atoms with Crippen molar-refractivity contribution in [1.29, 1.82) is 0 Å². The molecular formula is C15H9ClF2N6O2. The molecule has 0 fully saturated rings. The number of nitrogens with zero attached hydrogens (tertiary/aromatic N) is 4. The van der Waals surface area contributed by atoms with Gasteiger partial charge < -0.3 is 5.32 Å². The predicted octanol–water partition coefficient (Wildman–Crippen LogP) is 2.58. The van der Waals surface area contributed by atoms with Crippen LogP contribution < -0.4 is 10.6 Å². The van der Waals surface area contributed by atoms with E-state index in [0.717, 1.165) is 22.5 Å². The zero-order valence-corrected chi connectivity index (χ0v) is 13.5. The van der Waals surface area contributed by atoms with Crippen LogP contribution in [0.25, 0.3) is 11.4 Å². The first-order valence-corrected chi connectivity index (χ1v) is 7.41. The van der Waals surface area contributed by atoms with Crippen LogP contribution in [0.2, 0.25) is 0 Å². The van der Waals surface area contributed by atoms with E-state index in [-0.39, 0.29) is 5.82 Å². The topological polar surface area (TPSA) is 102 Å². The summed E-state index contributed by atoms with van der Waals surface area (Å²) in [7, 11) is 0. The molecule has 0 aliphatic heterocycles. The molecule has 3 amide bonds. The van der Waals surface area contributed by atoms with Gasteiger partial charge in [0.1, 0.15) is 17.2 Å². The first kappa shape index (κ1) is 17.4. The van der Waals surface area contributed by atoms with Crippen LogP contribution in [0, 0.1) is 11.6 Å². The number of carbonyl (C=O) groups excluding carboxylic acids is 2. The molecule has 0 radical (unpaired) electrons. The standard InChI is InChI=1S/C15H9ClF2N6O2/c16-24-22-13(21-23-24)8-4-6-9(7-5-8)19-15(26)20-14(25)12-10(17)2-1-3-11(12)18/h1-7H,(H2,19,20,25,26). The van der Waals surface area contributed by atoms with Gasteiger partial charge in [-0.2, -0.15) is 0 Å². The summed E-state index contributed by atoms with van der Waals surface area (Å²) >= 11 is 5.51. The summed E-state index contributed by atoms with van der Waals surface area (Å²) in [5, 5.41) is 15.2. The molecule has 0 saturated carbocycles. The Kier molecular flexibility index (Phi) is 4.85. The van der Waals surface area contributed by atoms with Crippen LogP contribution in [0.15, 0.2) is 42.5 Å². The van der Waals surface area contributed by atoms with Crippen molar-refractivity contribution in [3.63, 3.8) is 0 Å². The molecule has 11 heteroatoms. The van der Waals surface area contributed by atoms with Gasteiger partial charge in [-0.3, -0.25) is 10.1 Å². The second-order valence-electron chi connectivity index (χ2n) is 4.94. The van der Waals surface area contributed by atoms with Gasteiger partial charge in [-0.05, 0) is 41.6 Å². The van der Waals surface area contributed by atoms with Crippen molar-refractivity contribution in [2.75, 3.05) is 5.32 Å². The molecule has 0 bridgehead atoms. The number of aromatic nitrogens is 4. The minimum absolute atomic E-state index is 0.279. The number of rotatable bonds is 3. The fourth-order valence-electron chi connectivity index (χ4n) is 2.06.